The molecule has 0 spiro atoms. The topological polar surface area (TPSA) is 20.2 Å². The van der Waals surface area contributed by atoms with E-state index in [2.05, 4.69) is 79.4 Å². The fourth-order valence-corrected chi connectivity index (χ4v) is 8.29. The largest absolute Gasteiger partial charge is 0.396 e. The summed E-state index contributed by atoms with van der Waals surface area (Å²) in [7, 11) is -2.40. The first kappa shape index (κ1) is 16.4. The number of benzene rings is 3. The third-order valence-corrected chi connectivity index (χ3v) is 9.47. The van der Waals surface area contributed by atoms with Gasteiger partial charge in [-0.3, -0.25) is 0 Å². The molecule has 0 aromatic heterocycles. The molecular formula is C22H22OSi. The van der Waals surface area contributed by atoms with Crippen LogP contribution in [-0.2, 0) is 0 Å². The first-order valence-corrected chi connectivity index (χ1v) is 10.3. The molecule has 0 aliphatic carbocycles. The molecule has 0 radical (unpaired) electrons. The zero-order valence-corrected chi connectivity index (χ0v) is 14.7. The Labute approximate surface area is 144 Å². The standard InChI is InChI=1S/C22H22OSi/c1-19(17-18-23)24(20-11-5-2-6-12-20,21-13-7-3-8-14-21)22-15-9-4-10-16-22/h2-16,23H,1,17-18H2. The zero-order chi connectivity index (χ0) is 16.8. The number of hydrogen-bond donors (Lipinski definition) is 1. The molecule has 0 bridgehead atoms. The number of aliphatic hydroxyl groups is 1. The minimum absolute atomic E-state index is 0.125. The molecule has 120 valence electrons. The molecule has 0 aliphatic rings. The quantitative estimate of drug-likeness (QED) is 0.544. The van der Waals surface area contributed by atoms with Gasteiger partial charge in [0.05, 0.1) is 0 Å². The summed E-state index contributed by atoms with van der Waals surface area (Å²) in [5.41, 5.74) is 0. The molecule has 0 fully saturated rings. The van der Waals surface area contributed by atoms with Crippen LogP contribution in [0.5, 0.6) is 0 Å². The second-order valence-corrected chi connectivity index (χ2v) is 9.86. The van der Waals surface area contributed by atoms with E-state index in [1.165, 1.54) is 15.6 Å². The summed E-state index contributed by atoms with van der Waals surface area (Å²) >= 11 is 0. The average molecular weight is 331 g/mol. The fraction of sp³-hybridized carbons (Fsp3) is 0.0909. The molecule has 0 amide bonds. The Morgan fingerprint density at radius 1 is 0.667 bits per heavy atom. The Morgan fingerprint density at radius 3 is 1.29 bits per heavy atom. The molecule has 0 aliphatic heterocycles. The van der Waals surface area contributed by atoms with Crippen LogP contribution >= 0.6 is 0 Å². The Bertz CT molecular complexity index is 685. The highest BCUT2D eigenvalue weighted by atomic mass is 28.3. The normalized spacial score (nSPS) is 11.2. The van der Waals surface area contributed by atoms with Crippen molar-refractivity contribution in [3.8, 4) is 0 Å². The lowest BCUT2D eigenvalue weighted by Crippen LogP contribution is -2.68. The van der Waals surface area contributed by atoms with Crippen LogP contribution in [0.1, 0.15) is 6.42 Å². The van der Waals surface area contributed by atoms with Gasteiger partial charge in [-0.15, -0.1) is 6.58 Å². The van der Waals surface area contributed by atoms with Gasteiger partial charge in [0.15, 0.2) is 8.07 Å². The molecule has 24 heavy (non-hydrogen) atoms. The van der Waals surface area contributed by atoms with Crippen LogP contribution in [-0.4, -0.2) is 19.8 Å². The van der Waals surface area contributed by atoms with Gasteiger partial charge in [0.1, 0.15) is 0 Å². The van der Waals surface area contributed by atoms with E-state index < -0.39 is 8.07 Å². The molecule has 3 aromatic rings. The van der Waals surface area contributed by atoms with Crippen molar-refractivity contribution in [2.45, 2.75) is 6.42 Å². The predicted octanol–water partition coefficient (Wildman–Crippen LogP) is 2.63. The van der Waals surface area contributed by atoms with Gasteiger partial charge in [0.25, 0.3) is 0 Å². The maximum Gasteiger partial charge on any atom is 0.175 e. The first-order valence-electron chi connectivity index (χ1n) is 8.26. The SMILES string of the molecule is C=C(CCO)[Si](c1ccccc1)(c1ccccc1)c1ccccc1. The molecule has 2 heteroatoms. The lowest BCUT2D eigenvalue weighted by molar-refractivity contribution is 0.301. The van der Waals surface area contributed by atoms with E-state index in [0.717, 1.165) is 5.20 Å². The van der Waals surface area contributed by atoms with Crippen LogP contribution in [0.3, 0.4) is 0 Å². The molecule has 1 nitrogen and oxygen atoms in total. The highest BCUT2D eigenvalue weighted by Gasteiger charge is 2.41. The van der Waals surface area contributed by atoms with Crippen LogP contribution < -0.4 is 15.6 Å². The van der Waals surface area contributed by atoms with Crippen LogP contribution in [0.2, 0.25) is 0 Å². The summed E-state index contributed by atoms with van der Waals surface area (Å²) in [5, 5.41) is 14.7. The molecule has 3 aromatic carbocycles. The maximum atomic E-state index is 9.60. The van der Waals surface area contributed by atoms with Gasteiger partial charge in [0.2, 0.25) is 0 Å². The van der Waals surface area contributed by atoms with Crippen LogP contribution in [0, 0.1) is 0 Å². The number of hydrogen-bond acceptors (Lipinski definition) is 1. The third kappa shape index (κ3) is 2.86. The van der Waals surface area contributed by atoms with Crippen molar-refractivity contribution >= 4 is 23.6 Å². The van der Waals surface area contributed by atoms with Gasteiger partial charge in [-0.1, -0.05) is 96.2 Å². The van der Waals surface area contributed by atoms with Gasteiger partial charge >= 0.3 is 0 Å². The minimum Gasteiger partial charge on any atom is -0.396 e. The lowest BCUT2D eigenvalue weighted by Gasteiger charge is -2.35. The molecular weight excluding hydrogens is 308 g/mol. The molecule has 0 heterocycles. The summed E-state index contributed by atoms with van der Waals surface area (Å²) in [6.07, 6.45) is 0.616. The Hall–Kier alpha value is -2.42. The summed E-state index contributed by atoms with van der Waals surface area (Å²) in [5.74, 6) is 0. The molecule has 3 rings (SSSR count). The molecule has 0 saturated heterocycles. The summed E-state index contributed by atoms with van der Waals surface area (Å²) in [6, 6.07) is 31.9. The van der Waals surface area contributed by atoms with E-state index >= 15 is 0 Å². The summed E-state index contributed by atoms with van der Waals surface area (Å²) in [6.45, 7) is 4.57. The smallest absolute Gasteiger partial charge is 0.175 e. The Morgan fingerprint density at radius 2 is 1.00 bits per heavy atom. The van der Waals surface area contributed by atoms with Crippen molar-refractivity contribution in [2.24, 2.45) is 0 Å². The van der Waals surface area contributed by atoms with Gasteiger partial charge in [0, 0.05) is 6.61 Å². The molecule has 0 saturated carbocycles. The maximum absolute atomic E-state index is 9.60. The molecule has 1 N–H and O–H groups in total. The van der Waals surface area contributed by atoms with E-state index in [4.69, 9.17) is 0 Å². The van der Waals surface area contributed by atoms with Crippen LogP contribution in [0.15, 0.2) is 103 Å². The van der Waals surface area contributed by atoms with Crippen molar-refractivity contribution in [3.63, 3.8) is 0 Å². The van der Waals surface area contributed by atoms with E-state index in [9.17, 15) is 5.11 Å². The van der Waals surface area contributed by atoms with Crippen molar-refractivity contribution in [3.05, 3.63) is 103 Å². The molecule has 0 atom stereocenters. The van der Waals surface area contributed by atoms with Crippen LogP contribution in [0.4, 0.5) is 0 Å². The van der Waals surface area contributed by atoms with Gasteiger partial charge in [-0.05, 0) is 22.0 Å². The van der Waals surface area contributed by atoms with Crippen molar-refractivity contribution in [1.82, 2.24) is 0 Å². The zero-order valence-electron chi connectivity index (χ0n) is 13.7. The van der Waals surface area contributed by atoms with E-state index in [1.807, 2.05) is 18.2 Å². The second kappa shape index (κ2) is 7.43. The summed E-state index contributed by atoms with van der Waals surface area (Å²) < 4.78 is 0. The highest BCUT2D eigenvalue weighted by molar-refractivity contribution is 7.16. The third-order valence-electron chi connectivity index (χ3n) is 4.56. The minimum atomic E-state index is -2.40. The van der Waals surface area contributed by atoms with Gasteiger partial charge < -0.3 is 5.11 Å². The Kier molecular flexibility index (Phi) is 5.09. The Balaban J connectivity index is 2.35. The predicted molar refractivity (Wildman–Crippen MR) is 105 cm³/mol. The number of aliphatic hydroxyl groups excluding tert-OH is 1. The van der Waals surface area contributed by atoms with Crippen molar-refractivity contribution in [1.29, 1.82) is 0 Å². The van der Waals surface area contributed by atoms with E-state index in [0.29, 0.717) is 6.42 Å². The monoisotopic (exact) mass is 330 g/mol. The van der Waals surface area contributed by atoms with Crippen molar-refractivity contribution < 1.29 is 5.11 Å². The molecule has 0 unspecified atom stereocenters. The van der Waals surface area contributed by atoms with E-state index in [-0.39, 0.29) is 6.61 Å². The second-order valence-electron chi connectivity index (χ2n) is 5.93. The fourth-order valence-electron chi connectivity index (χ4n) is 3.50. The van der Waals surface area contributed by atoms with Crippen LogP contribution in [0.25, 0.3) is 0 Å². The first-order chi connectivity index (χ1) is 11.8. The lowest BCUT2D eigenvalue weighted by atomic mass is 10.3. The van der Waals surface area contributed by atoms with Gasteiger partial charge in [-0.25, -0.2) is 0 Å². The van der Waals surface area contributed by atoms with Gasteiger partial charge in [-0.2, -0.15) is 0 Å². The summed E-state index contributed by atoms with van der Waals surface area (Å²) in [4.78, 5) is 0. The average Bonchev–Trinajstić information content (AvgIpc) is 2.65. The highest BCUT2D eigenvalue weighted by Crippen LogP contribution is 2.18. The number of rotatable bonds is 6. The van der Waals surface area contributed by atoms with Crippen molar-refractivity contribution in [2.75, 3.05) is 6.61 Å². The van der Waals surface area contributed by atoms with E-state index in [1.54, 1.807) is 0 Å².